The first-order valence-corrected chi connectivity index (χ1v) is 11.5. The van der Waals surface area contributed by atoms with Gasteiger partial charge in [-0.1, -0.05) is 48.5 Å². The van der Waals surface area contributed by atoms with Crippen molar-refractivity contribution in [1.82, 2.24) is 4.90 Å². The Kier molecular flexibility index (Phi) is 6.28. The molecule has 3 aromatic carbocycles. The molecule has 0 spiro atoms. The Morgan fingerprint density at radius 3 is 2.58 bits per heavy atom. The molecule has 0 unspecified atom stereocenters. The maximum absolute atomic E-state index is 13.6. The molecule has 3 aromatic rings. The van der Waals surface area contributed by atoms with Crippen LogP contribution in [0.3, 0.4) is 0 Å². The van der Waals surface area contributed by atoms with Crippen molar-refractivity contribution in [3.05, 3.63) is 95.1 Å². The summed E-state index contributed by atoms with van der Waals surface area (Å²) in [6, 6.07) is 24.2. The molecule has 2 aliphatic rings. The largest absolute Gasteiger partial charge is 0.496 e. The molecule has 5 rings (SSSR count). The summed E-state index contributed by atoms with van der Waals surface area (Å²) in [4.78, 5) is 17.0. The van der Waals surface area contributed by atoms with Crippen LogP contribution in [0.15, 0.2) is 72.8 Å². The Morgan fingerprint density at radius 2 is 1.79 bits per heavy atom. The average molecular weight is 445 g/mol. The van der Waals surface area contributed by atoms with Gasteiger partial charge < -0.3 is 24.6 Å². The first-order chi connectivity index (χ1) is 16.2. The lowest BCUT2D eigenvalue weighted by molar-refractivity contribution is -0.921. The molecule has 2 aliphatic heterocycles. The number of nitrogens with zero attached hydrogens (tertiary/aromatic N) is 1. The van der Waals surface area contributed by atoms with Gasteiger partial charge in [0.2, 0.25) is 0 Å². The molecular formula is C27H30N3O3+. The first-order valence-electron chi connectivity index (χ1n) is 11.5. The lowest BCUT2D eigenvalue weighted by atomic mass is 10.0. The van der Waals surface area contributed by atoms with Crippen molar-refractivity contribution in [2.45, 2.75) is 19.3 Å². The number of nitrogens with one attached hydrogen (secondary N) is 2. The number of para-hydroxylation sites is 1. The number of carbonyl (C=O) groups excluding carboxylic acids is 1. The normalized spacial score (nSPS) is 18.5. The van der Waals surface area contributed by atoms with Crippen LogP contribution in [-0.4, -0.2) is 44.2 Å². The van der Waals surface area contributed by atoms with Crippen LogP contribution in [0.2, 0.25) is 0 Å². The Labute approximate surface area is 194 Å². The maximum Gasteiger partial charge on any atom is 0.258 e. The molecular weight excluding hydrogens is 414 g/mol. The van der Waals surface area contributed by atoms with Gasteiger partial charge in [0.25, 0.3) is 5.91 Å². The SMILES string of the molecule is COc1ccc([C@H]2Nc3ccccc3C(=O)N2Cc2ccccc2)cc1C[NH+]1CCOCC1. The van der Waals surface area contributed by atoms with Gasteiger partial charge >= 0.3 is 0 Å². The number of ether oxygens (including phenoxy) is 2. The third-order valence-corrected chi connectivity index (χ3v) is 6.48. The monoisotopic (exact) mass is 444 g/mol. The van der Waals surface area contributed by atoms with Crippen LogP contribution in [0.25, 0.3) is 0 Å². The van der Waals surface area contributed by atoms with E-state index in [4.69, 9.17) is 9.47 Å². The van der Waals surface area contributed by atoms with Crippen LogP contribution in [0.5, 0.6) is 5.75 Å². The van der Waals surface area contributed by atoms with E-state index in [2.05, 4.69) is 29.6 Å². The third kappa shape index (κ3) is 4.58. The molecule has 1 amide bonds. The van der Waals surface area contributed by atoms with Gasteiger partial charge in [0, 0.05) is 17.8 Å². The second-order valence-electron chi connectivity index (χ2n) is 8.62. The molecule has 33 heavy (non-hydrogen) atoms. The maximum atomic E-state index is 13.6. The lowest BCUT2D eigenvalue weighted by Gasteiger charge is -2.38. The molecule has 0 bridgehead atoms. The third-order valence-electron chi connectivity index (χ3n) is 6.48. The fourth-order valence-electron chi connectivity index (χ4n) is 4.71. The first kappa shape index (κ1) is 21.5. The van der Waals surface area contributed by atoms with Crippen molar-refractivity contribution in [1.29, 1.82) is 0 Å². The second-order valence-corrected chi connectivity index (χ2v) is 8.62. The summed E-state index contributed by atoms with van der Waals surface area (Å²) in [5.41, 5.74) is 4.88. The number of morpholine rings is 1. The standard InChI is InChI=1S/C27H29N3O3/c1-32-25-12-11-21(17-22(25)19-29-13-15-33-16-14-29)26-28-24-10-6-5-9-23(24)27(31)30(26)18-20-7-3-2-4-8-20/h2-12,17,26,28H,13-16,18-19H2,1H3/p+1/t26-/m0/s1. The summed E-state index contributed by atoms with van der Waals surface area (Å²) in [7, 11) is 1.72. The van der Waals surface area contributed by atoms with E-state index in [0.717, 1.165) is 61.0 Å². The minimum absolute atomic E-state index is 0.0365. The lowest BCUT2D eigenvalue weighted by Crippen LogP contribution is -3.12. The quantitative estimate of drug-likeness (QED) is 0.614. The zero-order valence-electron chi connectivity index (χ0n) is 18.9. The van der Waals surface area contributed by atoms with Crippen molar-refractivity contribution >= 4 is 11.6 Å². The predicted octanol–water partition coefficient (Wildman–Crippen LogP) is 2.88. The number of quaternary nitrogens is 1. The van der Waals surface area contributed by atoms with Gasteiger partial charge in [-0.15, -0.1) is 0 Å². The number of hydrogen-bond donors (Lipinski definition) is 2. The predicted molar refractivity (Wildman–Crippen MR) is 127 cm³/mol. The Hall–Kier alpha value is -3.35. The highest BCUT2D eigenvalue weighted by Gasteiger charge is 2.33. The van der Waals surface area contributed by atoms with Gasteiger partial charge in [-0.25, -0.2) is 0 Å². The highest BCUT2D eigenvalue weighted by molar-refractivity contribution is 6.01. The van der Waals surface area contributed by atoms with E-state index in [1.54, 1.807) is 7.11 Å². The zero-order valence-corrected chi connectivity index (χ0v) is 18.9. The number of methoxy groups -OCH3 is 1. The molecule has 0 aliphatic carbocycles. The fraction of sp³-hybridized carbons (Fsp3) is 0.296. The zero-order chi connectivity index (χ0) is 22.6. The number of anilines is 1. The summed E-state index contributed by atoms with van der Waals surface area (Å²) >= 11 is 0. The summed E-state index contributed by atoms with van der Waals surface area (Å²) < 4.78 is 11.2. The number of fused-ring (bicyclic) bond motifs is 1. The second kappa shape index (κ2) is 9.65. The van der Waals surface area contributed by atoms with Crippen LogP contribution in [0, 0.1) is 0 Å². The average Bonchev–Trinajstić information content (AvgIpc) is 2.87. The van der Waals surface area contributed by atoms with Crippen molar-refractivity contribution in [2.75, 3.05) is 38.7 Å². The molecule has 2 heterocycles. The number of amides is 1. The fourth-order valence-corrected chi connectivity index (χ4v) is 4.71. The summed E-state index contributed by atoms with van der Waals surface area (Å²) in [5.74, 6) is 0.921. The van der Waals surface area contributed by atoms with Crippen molar-refractivity contribution in [3.8, 4) is 5.75 Å². The number of rotatable bonds is 6. The summed E-state index contributed by atoms with van der Waals surface area (Å²) in [6.45, 7) is 4.95. The molecule has 1 atom stereocenters. The number of hydrogen-bond acceptors (Lipinski definition) is 4. The molecule has 0 radical (unpaired) electrons. The van der Waals surface area contributed by atoms with Crippen LogP contribution in [-0.2, 0) is 17.8 Å². The van der Waals surface area contributed by atoms with E-state index in [1.165, 1.54) is 4.90 Å². The molecule has 0 aromatic heterocycles. The van der Waals surface area contributed by atoms with E-state index >= 15 is 0 Å². The van der Waals surface area contributed by atoms with Gasteiger partial charge in [0.05, 0.1) is 25.9 Å². The minimum atomic E-state index is -0.267. The minimum Gasteiger partial charge on any atom is -0.496 e. The van der Waals surface area contributed by atoms with Crippen molar-refractivity contribution in [3.63, 3.8) is 0 Å². The van der Waals surface area contributed by atoms with Gasteiger partial charge in [0.1, 0.15) is 31.5 Å². The highest BCUT2D eigenvalue weighted by atomic mass is 16.5. The van der Waals surface area contributed by atoms with Gasteiger partial charge in [-0.2, -0.15) is 0 Å². The van der Waals surface area contributed by atoms with E-state index in [9.17, 15) is 4.79 Å². The highest BCUT2D eigenvalue weighted by Crippen LogP contribution is 2.35. The molecule has 2 N–H and O–H groups in total. The van der Waals surface area contributed by atoms with Crippen molar-refractivity contribution < 1.29 is 19.2 Å². The topological polar surface area (TPSA) is 55.2 Å². The van der Waals surface area contributed by atoms with E-state index < -0.39 is 0 Å². The number of carbonyl (C=O) groups is 1. The smallest absolute Gasteiger partial charge is 0.258 e. The molecule has 1 saturated heterocycles. The molecule has 170 valence electrons. The van der Waals surface area contributed by atoms with Crippen LogP contribution in [0.4, 0.5) is 5.69 Å². The van der Waals surface area contributed by atoms with Gasteiger partial charge in [-0.3, -0.25) is 4.79 Å². The number of benzene rings is 3. The Morgan fingerprint density at radius 1 is 1.03 bits per heavy atom. The van der Waals surface area contributed by atoms with Crippen LogP contribution >= 0.6 is 0 Å². The van der Waals surface area contributed by atoms with Gasteiger partial charge in [0.15, 0.2) is 0 Å². The van der Waals surface area contributed by atoms with E-state index in [-0.39, 0.29) is 12.1 Å². The summed E-state index contributed by atoms with van der Waals surface area (Å²) in [5, 5.41) is 3.62. The van der Waals surface area contributed by atoms with E-state index in [0.29, 0.717) is 12.1 Å². The van der Waals surface area contributed by atoms with Crippen molar-refractivity contribution in [2.24, 2.45) is 0 Å². The van der Waals surface area contributed by atoms with Crippen LogP contribution < -0.4 is 15.0 Å². The molecule has 6 nitrogen and oxygen atoms in total. The van der Waals surface area contributed by atoms with Crippen LogP contribution in [0.1, 0.15) is 33.2 Å². The summed E-state index contributed by atoms with van der Waals surface area (Å²) in [6.07, 6.45) is -0.267. The molecule has 6 heteroatoms. The molecule has 1 fully saturated rings. The Balaban J connectivity index is 1.50. The Bertz CT molecular complexity index is 1110. The van der Waals surface area contributed by atoms with Gasteiger partial charge in [-0.05, 0) is 35.4 Å². The molecule has 0 saturated carbocycles. The van der Waals surface area contributed by atoms with E-state index in [1.807, 2.05) is 53.4 Å².